The molecule has 0 unspecified atom stereocenters. The highest BCUT2D eigenvalue weighted by Gasteiger charge is 2.32. The molecule has 33 heavy (non-hydrogen) atoms. The predicted octanol–water partition coefficient (Wildman–Crippen LogP) is 2.17. The van der Waals surface area contributed by atoms with E-state index in [2.05, 4.69) is 16.7 Å². The molecule has 7 nitrogen and oxygen atoms in total. The van der Waals surface area contributed by atoms with E-state index in [1.54, 1.807) is 24.3 Å². The lowest BCUT2D eigenvalue weighted by Gasteiger charge is -2.25. The monoisotopic (exact) mass is 425 g/mol. The van der Waals surface area contributed by atoms with Crippen molar-refractivity contribution in [1.29, 1.82) is 5.26 Å². The number of rotatable bonds is 0. The summed E-state index contributed by atoms with van der Waals surface area (Å²) in [5.41, 5.74) is 1.72. The molecule has 7 rings (SSSR count). The summed E-state index contributed by atoms with van der Waals surface area (Å²) in [7, 11) is 6.45. The number of fused-ring (bicyclic) bond motifs is 2. The van der Waals surface area contributed by atoms with Crippen molar-refractivity contribution in [3.05, 3.63) is 64.2 Å². The molecule has 0 bridgehead atoms. The maximum absolute atomic E-state index is 12.7. The van der Waals surface area contributed by atoms with Crippen LogP contribution in [0.15, 0.2) is 36.4 Å². The van der Waals surface area contributed by atoms with Crippen LogP contribution in [0.1, 0.15) is 47.0 Å². The molecule has 0 spiro atoms. The first kappa shape index (κ1) is 17.9. The number of nitrogens with zero attached hydrogens (tertiary/aromatic N) is 1. The number of carbonyl (C=O) groups excluding carboxylic acids is 4. The summed E-state index contributed by atoms with van der Waals surface area (Å²) >= 11 is 0. The molecule has 2 aliphatic rings. The number of hydrogen-bond acceptors (Lipinski definition) is 5. The molecule has 0 aliphatic carbocycles. The Hall–Kier alpha value is -4.77. The number of benzene rings is 5. The van der Waals surface area contributed by atoms with E-state index < -0.39 is 23.6 Å². The van der Waals surface area contributed by atoms with Crippen LogP contribution in [0.25, 0.3) is 43.1 Å². The van der Waals surface area contributed by atoms with Crippen molar-refractivity contribution in [2.45, 2.75) is 0 Å². The molecule has 0 fully saturated rings. The zero-order valence-electron chi connectivity index (χ0n) is 16.6. The Morgan fingerprint density at radius 2 is 1.12 bits per heavy atom. The van der Waals surface area contributed by atoms with Crippen LogP contribution in [0.2, 0.25) is 0 Å². The Morgan fingerprint density at radius 3 is 1.73 bits per heavy atom. The third-order valence-electron chi connectivity index (χ3n) is 6.69. The number of carbonyl (C=O) groups is 4. The van der Waals surface area contributed by atoms with Crippen LogP contribution in [-0.4, -0.2) is 31.5 Å². The van der Waals surface area contributed by atoms with Gasteiger partial charge in [0.25, 0.3) is 23.6 Å². The van der Waals surface area contributed by atoms with Crippen LogP contribution in [0.5, 0.6) is 0 Å². The molecule has 2 heterocycles. The molecule has 2 N–H and O–H groups in total. The Bertz CT molecular complexity index is 1900. The minimum atomic E-state index is -0.579. The SMILES string of the molecule is [B]c1cc2c3c(cc(C#N)c4c5ccc6c7c(ccc(c1c34)c75)C(=O)NC6=O)C(=O)NC2=O. The van der Waals surface area contributed by atoms with E-state index in [0.29, 0.717) is 59.7 Å². The Morgan fingerprint density at radius 1 is 0.606 bits per heavy atom. The van der Waals surface area contributed by atoms with Gasteiger partial charge in [0, 0.05) is 38.4 Å². The first-order valence-corrected chi connectivity index (χ1v) is 10.1. The third-order valence-corrected chi connectivity index (χ3v) is 6.69. The first-order chi connectivity index (χ1) is 15.9. The average molecular weight is 425 g/mol. The van der Waals surface area contributed by atoms with E-state index >= 15 is 0 Å². The molecule has 150 valence electrons. The van der Waals surface area contributed by atoms with Gasteiger partial charge in [0.2, 0.25) is 0 Å². The summed E-state index contributed by atoms with van der Waals surface area (Å²) < 4.78 is 0. The second-order valence-corrected chi connectivity index (χ2v) is 8.23. The van der Waals surface area contributed by atoms with E-state index in [1.807, 2.05) is 0 Å². The summed E-state index contributed by atoms with van der Waals surface area (Å²) in [6, 6.07) is 11.9. The lowest BCUT2D eigenvalue weighted by molar-refractivity contribution is 0.0828. The van der Waals surface area contributed by atoms with Crippen LogP contribution in [-0.2, 0) is 0 Å². The fourth-order valence-electron chi connectivity index (χ4n) is 5.44. The summed E-state index contributed by atoms with van der Waals surface area (Å²) in [6.45, 7) is 0. The van der Waals surface area contributed by atoms with Gasteiger partial charge < -0.3 is 0 Å². The van der Waals surface area contributed by atoms with E-state index in [0.717, 1.165) is 0 Å². The Balaban J connectivity index is 1.89. The van der Waals surface area contributed by atoms with Gasteiger partial charge in [-0.15, -0.1) is 0 Å². The van der Waals surface area contributed by atoms with Gasteiger partial charge in [-0.25, -0.2) is 0 Å². The minimum absolute atomic E-state index is 0.227. The molecular formula is C25H8BN3O4. The van der Waals surface area contributed by atoms with Crippen LogP contribution < -0.4 is 16.1 Å². The standard InChI is InChI=1S/C25H8BN3O4/c26-15-6-14-19-13(24(32)29-25(14)33)5-8(7-27)16-9-1-3-11-18-12(23(31)28-22(11)30)4-2-10(17(9)18)20(15)21(16)19/h1-6H,(H,28,30,31)(H,29,32,33). The fourth-order valence-corrected chi connectivity index (χ4v) is 5.44. The van der Waals surface area contributed by atoms with Gasteiger partial charge in [-0.2, -0.15) is 5.26 Å². The van der Waals surface area contributed by atoms with Gasteiger partial charge in [-0.3, -0.25) is 29.8 Å². The van der Waals surface area contributed by atoms with Crippen molar-refractivity contribution < 1.29 is 19.2 Å². The highest BCUT2D eigenvalue weighted by molar-refractivity contribution is 6.50. The predicted molar refractivity (Wildman–Crippen MR) is 121 cm³/mol. The molecule has 8 heteroatoms. The van der Waals surface area contributed by atoms with Crippen LogP contribution in [0, 0.1) is 11.3 Å². The summed E-state index contributed by atoms with van der Waals surface area (Å²) in [4.78, 5) is 50.4. The number of imide groups is 2. The van der Waals surface area contributed by atoms with Gasteiger partial charge >= 0.3 is 0 Å². The van der Waals surface area contributed by atoms with E-state index in [9.17, 15) is 24.4 Å². The van der Waals surface area contributed by atoms with Crippen molar-refractivity contribution in [3.63, 3.8) is 0 Å². The van der Waals surface area contributed by atoms with Crippen LogP contribution in [0.3, 0.4) is 0 Å². The van der Waals surface area contributed by atoms with Gasteiger partial charge in [-0.05, 0) is 45.1 Å². The number of nitriles is 1. The highest BCUT2D eigenvalue weighted by Crippen LogP contribution is 2.45. The summed E-state index contributed by atoms with van der Waals surface area (Å²) in [5.74, 6) is -2.13. The van der Waals surface area contributed by atoms with Crippen molar-refractivity contribution in [2.24, 2.45) is 0 Å². The molecule has 0 saturated carbocycles. The molecule has 2 aliphatic heterocycles. The second-order valence-electron chi connectivity index (χ2n) is 8.23. The molecule has 5 aromatic rings. The maximum atomic E-state index is 12.7. The molecule has 0 aromatic heterocycles. The topological polar surface area (TPSA) is 116 Å². The summed E-state index contributed by atoms with van der Waals surface area (Å²) in [6.07, 6.45) is 0. The fraction of sp³-hybridized carbons (Fsp3) is 0. The molecule has 0 saturated heterocycles. The lowest BCUT2D eigenvalue weighted by atomic mass is 9.76. The minimum Gasteiger partial charge on any atom is -0.288 e. The normalized spacial score (nSPS) is 14.9. The quantitative estimate of drug-likeness (QED) is 0.171. The summed E-state index contributed by atoms with van der Waals surface area (Å²) in [5, 5.41) is 19.2. The number of nitrogens with one attached hydrogen (secondary N) is 2. The second kappa shape index (κ2) is 5.53. The van der Waals surface area contributed by atoms with Gasteiger partial charge in [-0.1, -0.05) is 23.7 Å². The number of hydrogen-bond donors (Lipinski definition) is 2. The van der Waals surface area contributed by atoms with E-state index in [4.69, 9.17) is 7.85 Å². The molecule has 5 aromatic carbocycles. The molecule has 4 amide bonds. The van der Waals surface area contributed by atoms with Crippen molar-refractivity contribution in [2.75, 3.05) is 0 Å². The molecule has 2 radical (unpaired) electrons. The largest absolute Gasteiger partial charge is 0.288 e. The third kappa shape index (κ3) is 1.91. The average Bonchev–Trinajstić information content (AvgIpc) is 2.80. The smallest absolute Gasteiger partial charge is 0.258 e. The van der Waals surface area contributed by atoms with Crippen molar-refractivity contribution in [1.82, 2.24) is 10.6 Å². The first-order valence-electron chi connectivity index (χ1n) is 10.1. The zero-order valence-corrected chi connectivity index (χ0v) is 16.6. The number of amides is 4. The zero-order chi connectivity index (χ0) is 22.8. The van der Waals surface area contributed by atoms with Crippen molar-refractivity contribution in [3.8, 4) is 6.07 Å². The van der Waals surface area contributed by atoms with Gasteiger partial charge in [0.15, 0.2) is 0 Å². The lowest BCUT2D eigenvalue weighted by Crippen LogP contribution is -2.36. The maximum Gasteiger partial charge on any atom is 0.258 e. The Kier molecular flexibility index (Phi) is 2.99. The van der Waals surface area contributed by atoms with E-state index in [-0.39, 0.29) is 16.7 Å². The molecular weight excluding hydrogens is 417 g/mol. The van der Waals surface area contributed by atoms with Gasteiger partial charge in [0.1, 0.15) is 7.85 Å². The van der Waals surface area contributed by atoms with E-state index in [1.165, 1.54) is 12.1 Å². The highest BCUT2D eigenvalue weighted by atomic mass is 16.2. The molecule has 0 atom stereocenters. The van der Waals surface area contributed by atoms with Crippen LogP contribution >= 0.6 is 0 Å². The van der Waals surface area contributed by atoms with Crippen molar-refractivity contribution >= 4 is 80.0 Å². The van der Waals surface area contributed by atoms with Crippen LogP contribution in [0.4, 0.5) is 0 Å². The van der Waals surface area contributed by atoms with Gasteiger partial charge in [0.05, 0.1) is 11.6 Å². The Labute approximate surface area is 185 Å².